The fraction of sp³-hybridized carbons (Fsp3) is 0.0909. The average Bonchev–Trinajstić information content (AvgIpc) is 3.51. The number of fused-ring (bicyclic) bond motifs is 10. The second-order valence-electron chi connectivity index (χ2n) is 10.2. The first-order valence-electron chi connectivity index (χ1n) is 12.2. The molecule has 0 spiro atoms. The molecule has 0 saturated heterocycles. The predicted molar refractivity (Wildman–Crippen MR) is 151 cm³/mol. The fourth-order valence-corrected chi connectivity index (χ4v) is 7.68. The Bertz CT molecular complexity index is 1980. The molecular weight excluding hydrogens is 442 g/mol. The molecule has 7 aromatic rings. The fourth-order valence-electron chi connectivity index (χ4n) is 6.47. The molecule has 1 nitrogen and oxygen atoms in total. The highest BCUT2D eigenvalue weighted by Crippen LogP contribution is 2.53. The highest BCUT2D eigenvalue weighted by molar-refractivity contribution is 7.26. The van der Waals surface area contributed by atoms with Gasteiger partial charge in [-0.1, -0.05) is 98.8 Å². The van der Waals surface area contributed by atoms with Gasteiger partial charge in [-0.05, 0) is 40.5 Å². The molecule has 0 bridgehead atoms. The zero-order valence-electron chi connectivity index (χ0n) is 19.7. The summed E-state index contributed by atoms with van der Waals surface area (Å²) < 4.78 is 5.24. The summed E-state index contributed by atoms with van der Waals surface area (Å²) in [4.78, 5) is 0. The van der Waals surface area contributed by atoms with Gasteiger partial charge >= 0.3 is 0 Å². The van der Waals surface area contributed by atoms with E-state index in [4.69, 9.17) is 0 Å². The molecular formula is C33H23NS. The number of benzene rings is 5. The lowest BCUT2D eigenvalue weighted by molar-refractivity contribution is 0.664. The maximum atomic E-state index is 2.55. The number of hydrogen-bond acceptors (Lipinski definition) is 1. The van der Waals surface area contributed by atoms with E-state index in [0.29, 0.717) is 0 Å². The molecule has 1 aliphatic carbocycles. The average molecular weight is 466 g/mol. The Labute approximate surface area is 207 Å². The van der Waals surface area contributed by atoms with Crippen LogP contribution >= 0.6 is 11.3 Å². The smallest absolute Gasteiger partial charge is 0.0641 e. The summed E-state index contributed by atoms with van der Waals surface area (Å²) in [5.41, 5.74) is 9.39. The Morgan fingerprint density at radius 3 is 2.26 bits per heavy atom. The van der Waals surface area contributed by atoms with Crippen LogP contribution in [0.1, 0.15) is 25.0 Å². The van der Waals surface area contributed by atoms with Crippen molar-refractivity contribution in [3.63, 3.8) is 0 Å². The van der Waals surface area contributed by atoms with Gasteiger partial charge in [0, 0.05) is 31.7 Å². The molecule has 0 atom stereocenters. The highest BCUT2D eigenvalue weighted by Gasteiger charge is 2.38. The zero-order valence-corrected chi connectivity index (χ0v) is 20.5. The van der Waals surface area contributed by atoms with Crippen molar-refractivity contribution in [2.45, 2.75) is 19.3 Å². The van der Waals surface area contributed by atoms with Crippen LogP contribution in [0.15, 0.2) is 103 Å². The Morgan fingerprint density at radius 2 is 1.34 bits per heavy atom. The van der Waals surface area contributed by atoms with Gasteiger partial charge in [0.05, 0.1) is 21.4 Å². The van der Waals surface area contributed by atoms with Crippen LogP contribution in [0.2, 0.25) is 0 Å². The minimum atomic E-state index is -0.0778. The summed E-state index contributed by atoms with van der Waals surface area (Å²) in [6.45, 7) is 4.78. The summed E-state index contributed by atoms with van der Waals surface area (Å²) in [6.07, 6.45) is 0. The molecule has 0 aliphatic heterocycles. The van der Waals surface area contributed by atoms with Crippen LogP contribution in [0.4, 0.5) is 0 Å². The van der Waals surface area contributed by atoms with Crippen LogP contribution in [0.5, 0.6) is 0 Å². The SMILES string of the molecule is CC1(C)c2ccccc2-c2ccc3c4ccccc4n(-c4cccc5c4sc4ccccc45)c3c21. The topological polar surface area (TPSA) is 4.93 Å². The lowest BCUT2D eigenvalue weighted by atomic mass is 9.81. The van der Waals surface area contributed by atoms with Crippen molar-refractivity contribution >= 4 is 53.3 Å². The van der Waals surface area contributed by atoms with Crippen molar-refractivity contribution in [1.29, 1.82) is 0 Å². The van der Waals surface area contributed by atoms with Crippen molar-refractivity contribution in [1.82, 2.24) is 4.57 Å². The van der Waals surface area contributed by atoms with Crippen LogP contribution in [-0.2, 0) is 5.41 Å². The molecule has 2 heteroatoms. The van der Waals surface area contributed by atoms with E-state index in [1.165, 1.54) is 69.9 Å². The maximum Gasteiger partial charge on any atom is 0.0641 e. The molecule has 1 aliphatic rings. The third kappa shape index (κ3) is 2.38. The van der Waals surface area contributed by atoms with Gasteiger partial charge in [0.2, 0.25) is 0 Å². The van der Waals surface area contributed by atoms with Gasteiger partial charge in [-0.3, -0.25) is 0 Å². The van der Waals surface area contributed by atoms with E-state index in [2.05, 4.69) is 122 Å². The first-order valence-corrected chi connectivity index (χ1v) is 13.0. The van der Waals surface area contributed by atoms with Crippen molar-refractivity contribution in [3.8, 4) is 16.8 Å². The van der Waals surface area contributed by atoms with Gasteiger partial charge in [-0.25, -0.2) is 0 Å². The zero-order chi connectivity index (χ0) is 23.3. The molecule has 0 saturated carbocycles. The van der Waals surface area contributed by atoms with Gasteiger partial charge in [0.1, 0.15) is 0 Å². The largest absolute Gasteiger partial charge is 0.307 e. The highest BCUT2D eigenvalue weighted by atomic mass is 32.1. The molecule has 2 aromatic heterocycles. The second kappa shape index (κ2) is 6.62. The molecule has 0 N–H and O–H groups in total. The normalized spacial score (nSPS) is 14.2. The Balaban J connectivity index is 1.60. The first kappa shape index (κ1) is 19.4. The van der Waals surface area contributed by atoms with Gasteiger partial charge < -0.3 is 4.57 Å². The number of para-hydroxylation sites is 1. The van der Waals surface area contributed by atoms with Crippen LogP contribution in [0, 0.1) is 0 Å². The molecule has 0 unspecified atom stereocenters. The van der Waals surface area contributed by atoms with E-state index >= 15 is 0 Å². The van der Waals surface area contributed by atoms with Gasteiger partial charge in [-0.2, -0.15) is 0 Å². The summed E-state index contributed by atoms with van der Waals surface area (Å²) in [6, 6.07) is 38.1. The molecule has 2 heterocycles. The maximum absolute atomic E-state index is 2.55. The summed E-state index contributed by atoms with van der Waals surface area (Å²) in [5, 5.41) is 5.32. The minimum absolute atomic E-state index is 0.0778. The predicted octanol–water partition coefficient (Wildman–Crippen LogP) is 9.46. The number of hydrogen-bond donors (Lipinski definition) is 0. The minimum Gasteiger partial charge on any atom is -0.307 e. The van der Waals surface area contributed by atoms with Crippen molar-refractivity contribution < 1.29 is 0 Å². The van der Waals surface area contributed by atoms with E-state index < -0.39 is 0 Å². The summed E-state index contributed by atoms with van der Waals surface area (Å²) in [5.74, 6) is 0. The lowest BCUT2D eigenvalue weighted by Gasteiger charge is -2.23. The van der Waals surface area contributed by atoms with E-state index in [0.717, 1.165) is 0 Å². The molecule has 0 fully saturated rings. The van der Waals surface area contributed by atoms with Crippen molar-refractivity contribution in [2.75, 3.05) is 0 Å². The van der Waals surface area contributed by atoms with Crippen LogP contribution in [0.25, 0.3) is 58.8 Å². The van der Waals surface area contributed by atoms with Gasteiger partial charge in [0.15, 0.2) is 0 Å². The van der Waals surface area contributed by atoms with E-state index in [1.54, 1.807) is 0 Å². The Morgan fingerprint density at radius 1 is 0.600 bits per heavy atom. The number of nitrogens with zero attached hydrogens (tertiary/aromatic N) is 1. The molecule has 8 rings (SSSR count). The first-order chi connectivity index (χ1) is 17.1. The molecule has 5 aromatic carbocycles. The van der Waals surface area contributed by atoms with Crippen molar-refractivity contribution in [3.05, 3.63) is 114 Å². The Hall–Kier alpha value is -3.88. The van der Waals surface area contributed by atoms with Crippen LogP contribution in [0.3, 0.4) is 0 Å². The van der Waals surface area contributed by atoms with Crippen molar-refractivity contribution in [2.24, 2.45) is 0 Å². The van der Waals surface area contributed by atoms with E-state index in [9.17, 15) is 0 Å². The Kier molecular flexibility index (Phi) is 3.67. The van der Waals surface area contributed by atoms with E-state index in [1.807, 2.05) is 11.3 Å². The lowest BCUT2D eigenvalue weighted by Crippen LogP contribution is -2.16. The van der Waals surface area contributed by atoms with Crippen LogP contribution < -0.4 is 0 Å². The monoisotopic (exact) mass is 465 g/mol. The molecule has 0 amide bonds. The number of thiophene rings is 1. The standard InChI is InChI=1S/C33H23NS/c1-33(2)26-14-6-3-10-20(26)23-18-19-24-21-11-4-7-15-27(21)34(31(24)30(23)33)28-16-9-13-25-22-12-5-8-17-29(22)35-32(25)28/h3-19H,1-2H3. The number of rotatable bonds is 1. The summed E-state index contributed by atoms with van der Waals surface area (Å²) in [7, 11) is 0. The summed E-state index contributed by atoms with van der Waals surface area (Å²) >= 11 is 1.90. The molecule has 0 radical (unpaired) electrons. The van der Waals surface area contributed by atoms with Gasteiger partial charge in [0.25, 0.3) is 0 Å². The quantitative estimate of drug-likeness (QED) is 0.227. The number of aromatic nitrogens is 1. The van der Waals surface area contributed by atoms with Gasteiger partial charge in [-0.15, -0.1) is 11.3 Å². The molecule has 35 heavy (non-hydrogen) atoms. The van der Waals surface area contributed by atoms with E-state index in [-0.39, 0.29) is 5.41 Å². The third-order valence-electron chi connectivity index (χ3n) is 7.98. The van der Waals surface area contributed by atoms with Crippen LogP contribution in [-0.4, -0.2) is 4.57 Å². The second-order valence-corrected chi connectivity index (χ2v) is 11.2. The molecule has 166 valence electrons. The third-order valence-corrected chi connectivity index (χ3v) is 9.19.